The van der Waals surface area contributed by atoms with Crippen molar-refractivity contribution in [3.8, 4) is 0 Å². The molecule has 5 nitrogen and oxygen atoms in total. The van der Waals surface area contributed by atoms with Gasteiger partial charge >= 0.3 is 0 Å². The molecule has 1 amide bonds. The molecule has 19 heavy (non-hydrogen) atoms. The fourth-order valence-electron chi connectivity index (χ4n) is 1.46. The Labute approximate surface area is 108 Å². The van der Waals surface area contributed by atoms with Crippen LogP contribution in [-0.2, 0) is 7.05 Å². The number of nitrogens with one attached hydrogen (secondary N) is 2. The summed E-state index contributed by atoms with van der Waals surface area (Å²) >= 11 is 0. The molecule has 2 aromatic rings. The van der Waals surface area contributed by atoms with Crippen molar-refractivity contribution in [2.45, 2.75) is 0 Å². The smallest absolute Gasteiger partial charge is 0.271 e. The number of pyridine rings is 1. The standard InChI is InChI=1S/C13H12FN3O2/c1-17-8-9(2-7-12(17)18)13(19)16-15-11-5-3-10(14)4-6-11/h2-8,15H,1H3,(H,16,19). The van der Waals surface area contributed by atoms with Crippen LogP contribution in [0.5, 0.6) is 0 Å². The van der Waals surface area contributed by atoms with Gasteiger partial charge in [-0.1, -0.05) is 0 Å². The Hall–Kier alpha value is -2.63. The number of anilines is 1. The van der Waals surface area contributed by atoms with E-state index in [9.17, 15) is 14.0 Å². The molecule has 0 aliphatic carbocycles. The summed E-state index contributed by atoms with van der Waals surface area (Å²) in [5, 5.41) is 0. The third kappa shape index (κ3) is 3.19. The molecular formula is C13H12FN3O2. The highest BCUT2D eigenvalue weighted by molar-refractivity contribution is 5.94. The molecule has 0 radical (unpaired) electrons. The van der Waals surface area contributed by atoms with E-state index in [0.29, 0.717) is 11.3 Å². The van der Waals surface area contributed by atoms with Crippen LogP contribution in [0.4, 0.5) is 10.1 Å². The second-order valence-corrected chi connectivity index (χ2v) is 3.95. The number of carbonyl (C=O) groups excluding carboxylic acids is 1. The summed E-state index contributed by atoms with van der Waals surface area (Å²) in [5.41, 5.74) is 5.81. The van der Waals surface area contributed by atoms with E-state index in [4.69, 9.17) is 0 Å². The number of hydrogen-bond acceptors (Lipinski definition) is 3. The Kier molecular flexibility index (Phi) is 3.61. The fourth-order valence-corrected chi connectivity index (χ4v) is 1.46. The molecule has 0 bridgehead atoms. The first kappa shape index (κ1) is 12.8. The quantitative estimate of drug-likeness (QED) is 0.818. The summed E-state index contributed by atoms with van der Waals surface area (Å²) < 4.78 is 14.0. The van der Waals surface area contributed by atoms with E-state index in [-0.39, 0.29) is 17.3 Å². The van der Waals surface area contributed by atoms with Gasteiger partial charge in [0.15, 0.2) is 0 Å². The van der Waals surface area contributed by atoms with Gasteiger partial charge in [-0.25, -0.2) is 4.39 Å². The van der Waals surface area contributed by atoms with Crippen LogP contribution in [0.1, 0.15) is 10.4 Å². The molecule has 98 valence electrons. The number of halogens is 1. The summed E-state index contributed by atoms with van der Waals surface area (Å²) in [6, 6.07) is 8.30. The van der Waals surface area contributed by atoms with Gasteiger partial charge in [-0.05, 0) is 30.3 Å². The zero-order valence-electron chi connectivity index (χ0n) is 10.2. The van der Waals surface area contributed by atoms with Crippen molar-refractivity contribution >= 4 is 11.6 Å². The van der Waals surface area contributed by atoms with Gasteiger partial charge in [-0.15, -0.1) is 0 Å². The maximum Gasteiger partial charge on any atom is 0.271 e. The van der Waals surface area contributed by atoms with Crippen LogP contribution in [-0.4, -0.2) is 10.5 Å². The van der Waals surface area contributed by atoms with Crippen molar-refractivity contribution in [1.29, 1.82) is 0 Å². The summed E-state index contributed by atoms with van der Waals surface area (Å²) in [4.78, 5) is 23.0. The minimum absolute atomic E-state index is 0.192. The Bertz CT molecular complexity index is 650. The Balaban J connectivity index is 2.03. The lowest BCUT2D eigenvalue weighted by Crippen LogP contribution is -2.30. The SMILES string of the molecule is Cn1cc(C(=O)NNc2ccc(F)cc2)ccc1=O. The Morgan fingerprint density at radius 2 is 1.84 bits per heavy atom. The average Bonchev–Trinajstić information content (AvgIpc) is 2.41. The lowest BCUT2D eigenvalue weighted by molar-refractivity contribution is 0.0962. The van der Waals surface area contributed by atoms with Crippen LogP contribution in [0, 0.1) is 5.82 Å². The van der Waals surface area contributed by atoms with Gasteiger partial charge in [0.05, 0.1) is 11.3 Å². The summed E-state index contributed by atoms with van der Waals surface area (Å²) in [6.45, 7) is 0. The normalized spacial score (nSPS) is 10.0. The molecule has 2 rings (SSSR count). The Morgan fingerprint density at radius 1 is 1.16 bits per heavy atom. The topological polar surface area (TPSA) is 63.1 Å². The lowest BCUT2D eigenvalue weighted by Gasteiger charge is -2.08. The molecule has 2 N–H and O–H groups in total. The van der Waals surface area contributed by atoms with E-state index in [2.05, 4.69) is 10.9 Å². The highest BCUT2D eigenvalue weighted by atomic mass is 19.1. The molecule has 0 saturated carbocycles. The molecule has 0 fully saturated rings. The summed E-state index contributed by atoms with van der Waals surface area (Å²) in [7, 11) is 1.56. The maximum absolute atomic E-state index is 12.7. The van der Waals surface area contributed by atoms with Gasteiger partial charge < -0.3 is 4.57 Å². The molecule has 6 heteroatoms. The zero-order chi connectivity index (χ0) is 13.8. The number of amides is 1. The van der Waals surface area contributed by atoms with E-state index in [1.807, 2.05) is 0 Å². The molecule has 1 aromatic carbocycles. The number of carbonyl (C=O) groups is 1. The predicted molar refractivity (Wildman–Crippen MR) is 69.2 cm³/mol. The predicted octanol–water partition coefficient (Wildman–Crippen LogP) is 1.28. The average molecular weight is 261 g/mol. The van der Waals surface area contributed by atoms with Crippen molar-refractivity contribution in [3.63, 3.8) is 0 Å². The van der Waals surface area contributed by atoms with Gasteiger partial charge in [-0.3, -0.25) is 20.4 Å². The lowest BCUT2D eigenvalue weighted by atomic mass is 10.3. The van der Waals surface area contributed by atoms with Crippen molar-refractivity contribution < 1.29 is 9.18 Å². The molecule has 0 unspecified atom stereocenters. The molecule has 0 atom stereocenters. The van der Waals surface area contributed by atoms with Gasteiger partial charge in [-0.2, -0.15) is 0 Å². The molecule has 0 spiro atoms. The minimum atomic E-state index is -0.389. The van der Waals surface area contributed by atoms with Crippen LogP contribution in [0.15, 0.2) is 47.4 Å². The molecule has 1 heterocycles. The first-order valence-corrected chi connectivity index (χ1v) is 5.55. The second kappa shape index (κ2) is 5.34. The molecule has 0 aliphatic rings. The highest BCUT2D eigenvalue weighted by Gasteiger charge is 2.05. The Morgan fingerprint density at radius 3 is 2.47 bits per heavy atom. The number of benzene rings is 1. The van der Waals surface area contributed by atoms with Gasteiger partial charge in [0.25, 0.3) is 5.91 Å². The van der Waals surface area contributed by atoms with Gasteiger partial charge in [0.2, 0.25) is 5.56 Å². The number of hydrazine groups is 1. The van der Waals surface area contributed by atoms with Crippen LogP contribution >= 0.6 is 0 Å². The van der Waals surface area contributed by atoms with Crippen LogP contribution < -0.4 is 16.4 Å². The summed E-state index contributed by atoms with van der Waals surface area (Å²) in [6.07, 6.45) is 1.43. The zero-order valence-corrected chi connectivity index (χ0v) is 10.2. The second-order valence-electron chi connectivity index (χ2n) is 3.95. The van der Waals surface area contributed by atoms with Crippen molar-refractivity contribution in [1.82, 2.24) is 9.99 Å². The van der Waals surface area contributed by atoms with Crippen molar-refractivity contribution in [2.75, 3.05) is 5.43 Å². The molecule has 0 aliphatic heterocycles. The monoisotopic (exact) mass is 261 g/mol. The van der Waals surface area contributed by atoms with Gasteiger partial charge in [0, 0.05) is 19.3 Å². The van der Waals surface area contributed by atoms with E-state index in [1.165, 1.54) is 47.2 Å². The largest absolute Gasteiger partial charge is 0.318 e. The van der Waals surface area contributed by atoms with Crippen molar-refractivity contribution in [2.24, 2.45) is 7.05 Å². The number of aromatic nitrogens is 1. The van der Waals surface area contributed by atoms with Crippen molar-refractivity contribution in [3.05, 3.63) is 64.3 Å². The molecular weight excluding hydrogens is 249 g/mol. The third-order valence-corrected chi connectivity index (χ3v) is 2.51. The third-order valence-electron chi connectivity index (χ3n) is 2.51. The van der Waals surface area contributed by atoms with Crippen LogP contribution in [0.2, 0.25) is 0 Å². The number of nitrogens with zero attached hydrogens (tertiary/aromatic N) is 1. The van der Waals surface area contributed by atoms with E-state index in [1.54, 1.807) is 7.05 Å². The van der Waals surface area contributed by atoms with Crippen LogP contribution in [0.25, 0.3) is 0 Å². The number of hydrogen-bond donors (Lipinski definition) is 2. The van der Waals surface area contributed by atoms with Crippen LogP contribution in [0.3, 0.4) is 0 Å². The van der Waals surface area contributed by atoms with E-state index >= 15 is 0 Å². The fraction of sp³-hybridized carbons (Fsp3) is 0.0769. The van der Waals surface area contributed by atoms with E-state index < -0.39 is 0 Å². The minimum Gasteiger partial charge on any atom is -0.318 e. The maximum atomic E-state index is 12.7. The highest BCUT2D eigenvalue weighted by Crippen LogP contribution is 2.06. The molecule has 0 saturated heterocycles. The first-order chi connectivity index (χ1) is 9.06. The summed E-state index contributed by atoms with van der Waals surface area (Å²) in [5.74, 6) is -0.741. The van der Waals surface area contributed by atoms with Gasteiger partial charge in [0.1, 0.15) is 5.82 Å². The number of rotatable bonds is 3. The number of aryl methyl sites for hydroxylation is 1. The van der Waals surface area contributed by atoms with E-state index in [0.717, 1.165) is 0 Å². The molecule has 1 aromatic heterocycles. The first-order valence-electron chi connectivity index (χ1n) is 5.55.